The highest BCUT2D eigenvalue weighted by atomic mass is 16.6. The molecule has 2 aromatic rings. The molecule has 1 amide bonds. The third-order valence-corrected chi connectivity index (χ3v) is 5.33. The van der Waals surface area contributed by atoms with E-state index >= 15 is 0 Å². The Morgan fingerprint density at radius 3 is 2.50 bits per heavy atom. The first-order valence-corrected chi connectivity index (χ1v) is 9.31. The van der Waals surface area contributed by atoms with Gasteiger partial charge in [-0.15, -0.1) is 0 Å². The molecule has 0 bridgehead atoms. The number of pyridine rings is 1. The highest BCUT2D eigenvalue weighted by Gasteiger charge is 2.37. The van der Waals surface area contributed by atoms with Crippen LogP contribution in [0.3, 0.4) is 0 Å². The standard InChI is InChI=1S/C19H22N6O3/c26-19(24-11-9-23(10-12-24)17-3-1-2-8-20-17)16-13-21-22-18(16)14-4-6-15(7-5-14)25(27)28/h1-8,16,18,21-22H,9-13H2. The number of hydrazine groups is 1. The van der Waals surface area contributed by atoms with E-state index in [1.807, 2.05) is 23.1 Å². The number of rotatable bonds is 4. The molecule has 0 aliphatic carbocycles. The van der Waals surface area contributed by atoms with Gasteiger partial charge in [0.2, 0.25) is 5.91 Å². The van der Waals surface area contributed by atoms with Gasteiger partial charge in [0.05, 0.1) is 16.9 Å². The highest BCUT2D eigenvalue weighted by molar-refractivity contribution is 5.80. The molecule has 9 heteroatoms. The highest BCUT2D eigenvalue weighted by Crippen LogP contribution is 2.28. The molecule has 2 unspecified atom stereocenters. The van der Waals surface area contributed by atoms with Gasteiger partial charge in [-0.3, -0.25) is 20.3 Å². The Morgan fingerprint density at radius 1 is 1.11 bits per heavy atom. The summed E-state index contributed by atoms with van der Waals surface area (Å²) < 4.78 is 0. The SMILES string of the molecule is O=C(C1CNNC1c1ccc([N+](=O)[O-])cc1)N1CCN(c2ccccn2)CC1. The average molecular weight is 382 g/mol. The smallest absolute Gasteiger partial charge is 0.269 e. The molecule has 146 valence electrons. The fourth-order valence-electron chi connectivity index (χ4n) is 3.78. The van der Waals surface area contributed by atoms with E-state index in [1.54, 1.807) is 18.3 Å². The van der Waals surface area contributed by atoms with E-state index in [0.29, 0.717) is 19.6 Å². The lowest BCUT2D eigenvalue weighted by Gasteiger charge is -2.37. The number of nitrogens with one attached hydrogen (secondary N) is 2. The zero-order valence-electron chi connectivity index (χ0n) is 15.3. The summed E-state index contributed by atoms with van der Waals surface area (Å²) in [6, 6.07) is 12.0. The minimum atomic E-state index is -0.423. The van der Waals surface area contributed by atoms with Crippen molar-refractivity contribution in [2.75, 3.05) is 37.6 Å². The summed E-state index contributed by atoms with van der Waals surface area (Å²) >= 11 is 0. The van der Waals surface area contributed by atoms with Gasteiger partial charge in [-0.05, 0) is 17.7 Å². The van der Waals surface area contributed by atoms with Crippen LogP contribution in [-0.2, 0) is 4.79 Å². The van der Waals surface area contributed by atoms with E-state index in [1.165, 1.54) is 12.1 Å². The fourth-order valence-corrected chi connectivity index (χ4v) is 3.78. The van der Waals surface area contributed by atoms with Crippen molar-refractivity contribution in [3.63, 3.8) is 0 Å². The van der Waals surface area contributed by atoms with Crippen LogP contribution in [0.15, 0.2) is 48.7 Å². The lowest BCUT2D eigenvalue weighted by Crippen LogP contribution is -2.51. The summed E-state index contributed by atoms with van der Waals surface area (Å²) in [5.74, 6) is 0.784. The van der Waals surface area contributed by atoms with Gasteiger partial charge in [-0.1, -0.05) is 18.2 Å². The van der Waals surface area contributed by atoms with Crippen molar-refractivity contribution in [3.05, 3.63) is 64.3 Å². The van der Waals surface area contributed by atoms with Crippen LogP contribution in [0.1, 0.15) is 11.6 Å². The second kappa shape index (κ2) is 7.91. The number of piperazine rings is 1. The molecule has 2 aliphatic rings. The first-order valence-electron chi connectivity index (χ1n) is 9.31. The predicted octanol–water partition coefficient (Wildman–Crippen LogP) is 1.10. The molecule has 2 saturated heterocycles. The molecule has 1 aromatic heterocycles. The Labute approximate surface area is 162 Å². The number of hydrogen-bond acceptors (Lipinski definition) is 7. The minimum absolute atomic E-state index is 0.0447. The second-order valence-electron chi connectivity index (χ2n) is 6.96. The van der Waals surface area contributed by atoms with E-state index in [-0.39, 0.29) is 23.6 Å². The number of nitrogens with zero attached hydrogens (tertiary/aromatic N) is 4. The van der Waals surface area contributed by atoms with Gasteiger partial charge in [-0.25, -0.2) is 10.4 Å². The van der Waals surface area contributed by atoms with Crippen LogP contribution in [0.4, 0.5) is 11.5 Å². The molecule has 0 radical (unpaired) electrons. The lowest BCUT2D eigenvalue weighted by atomic mass is 9.93. The topological polar surface area (TPSA) is 104 Å². The van der Waals surface area contributed by atoms with E-state index in [4.69, 9.17) is 0 Å². The maximum absolute atomic E-state index is 13.1. The molecule has 4 rings (SSSR count). The summed E-state index contributed by atoms with van der Waals surface area (Å²) in [5.41, 5.74) is 7.11. The maximum Gasteiger partial charge on any atom is 0.269 e. The van der Waals surface area contributed by atoms with Crippen LogP contribution in [0.2, 0.25) is 0 Å². The average Bonchev–Trinajstić information content (AvgIpc) is 3.24. The Balaban J connectivity index is 1.41. The monoisotopic (exact) mass is 382 g/mol. The minimum Gasteiger partial charge on any atom is -0.353 e. The predicted molar refractivity (Wildman–Crippen MR) is 103 cm³/mol. The Hall–Kier alpha value is -3.04. The molecule has 2 fully saturated rings. The summed E-state index contributed by atoms with van der Waals surface area (Å²) in [7, 11) is 0. The second-order valence-corrected chi connectivity index (χ2v) is 6.96. The van der Waals surface area contributed by atoms with Gasteiger partial charge < -0.3 is 9.80 Å². The molecule has 28 heavy (non-hydrogen) atoms. The summed E-state index contributed by atoms with van der Waals surface area (Å²) in [6.07, 6.45) is 1.78. The number of carbonyl (C=O) groups excluding carboxylic acids is 1. The zero-order chi connectivity index (χ0) is 19.5. The van der Waals surface area contributed by atoms with Gasteiger partial charge in [0.1, 0.15) is 5.82 Å². The molecule has 1 aromatic carbocycles. The summed E-state index contributed by atoms with van der Waals surface area (Å²) in [4.78, 5) is 32.0. The number of amides is 1. The number of carbonyl (C=O) groups is 1. The van der Waals surface area contributed by atoms with Crippen molar-refractivity contribution in [2.24, 2.45) is 5.92 Å². The van der Waals surface area contributed by atoms with Crippen molar-refractivity contribution < 1.29 is 9.72 Å². The molecule has 9 nitrogen and oxygen atoms in total. The number of nitro benzene ring substituents is 1. The number of hydrogen-bond donors (Lipinski definition) is 2. The molecule has 2 N–H and O–H groups in total. The number of nitro groups is 1. The number of benzene rings is 1. The van der Waals surface area contributed by atoms with Crippen molar-refractivity contribution in [2.45, 2.75) is 6.04 Å². The molecule has 2 atom stereocenters. The maximum atomic E-state index is 13.1. The van der Waals surface area contributed by atoms with Gasteiger partial charge in [0.25, 0.3) is 5.69 Å². The third-order valence-electron chi connectivity index (χ3n) is 5.33. The van der Waals surface area contributed by atoms with Crippen molar-refractivity contribution >= 4 is 17.4 Å². The molecular formula is C19H22N6O3. The largest absolute Gasteiger partial charge is 0.353 e. The van der Waals surface area contributed by atoms with E-state index in [0.717, 1.165) is 24.5 Å². The molecule has 0 saturated carbocycles. The van der Waals surface area contributed by atoms with Crippen LogP contribution >= 0.6 is 0 Å². The summed E-state index contributed by atoms with van der Waals surface area (Å²) in [5, 5.41) is 10.8. The molecule has 0 spiro atoms. The Bertz CT molecular complexity index is 837. The lowest BCUT2D eigenvalue weighted by molar-refractivity contribution is -0.384. The van der Waals surface area contributed by atoms with Crippen molar-refractivity contribution in [3.8, 4) is 0 Å². The van der Waals surface area contributed by atoms with Crippen molar-refractivity contribution in [1.82, 2.24) is 20.7 Å². The van der Waals surface area contributed by atoms with E-state index in [2.05, 4.69) is 20.7 Å². The summed E-state index contributed by atoms with van der Waals surface area (Å²) in [6.45, 7) is 3.33. The quantitative estimate of drug-likeness (QED) is 0.603. The van der Waals surface area contributed by atoms with Gasteiger partial charge in [-0.2, -0.15) is 0 Å². The number of aromatic nitrogens is 1. The molecule has 2 aliphatic heterocycles. The number of anilines is 1. The van der Waals surface area contributed by atoms with Gasteiger partial charge in [0, 0.05) is 51.1 Å². The Morgan fingerprint density at radius 2 is 1.86 bits per heavy atom. The first-order chi connectivity index (χ1) is 13.6. The van der Waals surface area contributed by atoms with E-state index in [9.17, 15) is 14.9 Å². The normalized spacial score (nSPS) is 22.3. The zero-order valence-corrected chi connectivity index (χ0v) is 15.3. The van der Waals surface area contributed by atoms with Crippen LogP contribution in [-0.4, -0.2) is 53.4 Å². The Kier molecular flexibility index (Phi) is 5.18. The van der Waals surface area contributed by atoms with Crippen molar-refractivity contribution in [1.29, 1.82) is 0 Å². The fraction of sp³-hybridized carbons (Fsp3) is 0.368. The van der Waals surface area contributed by atoms with Crippen LogP contribution < -0.4 is 15.8 Å². The van der Waals surface area contributed by atoms with Gasteiger partial charge >= 0.3 is 0 Å². The van der Waals surface area contributed by atoms with Crippen LogP contribution in [0.5, 0.6) is 0 Å². The third kappa shape index (κ3) is 3.67. The molecular weight excluding hydrogens is 360 g/mol. The van der Waals surface area contributed by atoms with Crippen LogP contribution in [0, 0.1) is 16.0 Å². The van der Waals surface area contributed by atoms with Crippen LogP contribution in [0.25, 0.3) is 0 Å². The van der Waals surface area contributed by atoms with Gasteiger partial charge in [0.15, 0.2) is 0 Å². The van der Waals surface area contributed by atoms with E-state index < -0.39 is 4.92 Å². The first kappa shape index (κ1) is 18.3. The number of non-ortho nitro benzene ring substituents is 1. The molecule has 3 heterocycles.